The van der Waals surface area contributed by atoms with E-state index in [-0.39, 0.29) is 23.5 Å². The number of anilines is 1. The lowest BCUT2D eigenvalue weighted by molar-refractivity contribution is -0.119. The van der Waals surface area contributed by atoms with Gasteiger partial charge in [0.25, 0.3) is 5.91 Å². The molecule has 9 nitrogen and oxygen atoms in total. The molecule has 30 heavy (non-hydrogen) atoms. The minimum atomic E-state index is -3.70. The molecule has 0 atom stereocenters. The van der Waals surface area contributed by atoms with Crippen LogP contribution in [0.15, 0.2) is 33.6 Å². The van der Waals surface area contributed by atoms with Crippen molar-refractivity contribution >= 4 is 27.6 Å². The SMILES string of the molecule is Cc1cc(C(=O)OCC(=O)Nc2cc(S(=O)(=O)N3CCOCC3)ccc2C)c(C)o1. The molecule has 2 heterocycles. The summed E-state index contributed by atoms with van der Waals surface area (Å²) in [7, 11) is -3.70. The van der Waals surface area contributed by atoms with Crippen molar-refractivity contribution in [2.75, 3.05) is 38.2 Å². The molecule has 1 aromatic heterocycles. The zero-order valence-electron chi connectivity index (χ0n) is 17.1. The van der Waals surface area contributed by atoms with E-state index in [9.17, 15) is 18.0 Å². The summed E-state index contributed by atoms with van der Waals surface area (Å²) >= 11 is 0. The van der Waals surface area contributed by atoms with Gasteiger partial charge in [0.05, 0.1) is 18.1 Å². The highest BCUT2D eigenvalue weighted by Gasteiger charge is 2.27. The topological polar surface area (TPSA) is 115 Å². The highest BCUT2D eigenvalue weighted by atomic mass is 32.2. The molecule has 1 aromatic carbocycles. The number of hydrogen-bond acceptors (Lipinski definition) is 7. The van der Waals surface area contributed by atoms with Crippen LogP contribution in [0.2, 0.25) is 0 Å². The van der Waals surface area contributed by atoms with Crippen LogP contribution in [0.5, 0.6) is 0 Å². The second kappa shape index (κ2) is 8.99. The first-order chi connectivity index (χ1) is 14.2. The van der Waals surface area contributed by atoms with E-state index >= 15 is 0 Å². The normalized spacial score (nSPS) is 15.0. The summed E-state index contributed by atoms with van der Waals surface area (Å²) in [5.74, 6) is -0.266. The van der Waals surface area contributed by atoms with Gasteiger partial charge in [-0.1, -0.05) is 6.07 Å². The third-order valence-electron chi connectivity index (χ3n) is 4.69. The number of hydrogen-bond donors (Lipinski definition) is 1. The molecule has 162 valence electrons. The van der Waals surface area contributed by atoms with E-state index in [0.717, 1.165) is 0 Å². The highest BCUT2D eigenvalue weighted by Crippen LogP contribution is 2.24. The molecule has 1 amide bonds. The molecule has 0 spiro atoms. The number of morpholine rings is 1. The number of nitrogens with zero attached hydrogens (tertiary/aromatic N) is 1. The van der Waals surface area contributed by atoms with Crippen LogP contribution in [0.1, 0.15) is 27.4 Å². The quantitative estimate of drug-likeness (QED) is 0.689. The Labute approximate surface area is 175 Å². The minimum absolute atomic E-state index is 0.0757. The summed E-state index contributed by atoms with van der Waals surface area (Å²) in [6, 6.07) is 6.06. The first-order valence-electron chi connectivity index (χ1n) is 9.41. The number of benzene rings is 1. The maximum absolute atomic E-state index is 12.8. The molecule has 1 saturated heterocycles. The Morgan fingerprint density at radius 2 is 1.83 bits per heavy atom. The number of ether oxygens (including phenoxy) is 2. The molecule has 2 aromatic rings. The molecule has 0 unspecified atom stereocenters. The summed E-state index contributed by atoms with van der Waals surface area (Å²) < 4.78 is 42.5. The van der Waals surface area contributed by atoms with Crippen molar-refractivity contribution in [2.24, 2.45) is 0 Å². The van der Waals surface area contributed by atoms with E-state index < -0.39 is 28.5 Å². The molecule has 10 heteroatoms. The van der Waals surface area contributed by atoms with Crippen LogP contribution >= 0.6 is 0 Å². The number of aryl methyl sites for hydroxylation is 3. The molecule has 0 bridgehead atoms. The Morgan fingerprint density at radius 1 is 1.13 bits per heavy atom. The number of carbonyl (C=O) groups is 2. The Hall–Kier alpha value is -2.69. The maximum atomic E-state index is 12.8. The van der Waals surface area contributed by atoms with E-state index in [0.29, 0.717) is 36.0 Å². The number of amides is 1. The molecule has 0 radical (unpaired) electrons. The second-order valence-electron chi connectivity index (χ2n) is 6.94. The van der Waals surface area contributed by atoms with Crippen molar-refractivity contribution in [2.45, 2.75) is 25.7 Å². The average molecular weight is 436 g/mol. The molecule has 1 N–H and O–H groups in total. The number of sulfonamides is 1. The van der Waals surface area contributed by atoms with Gasteiger partial charge in [-0.2, -0.15) is 4.31 Å². The monoisotopic (exact) mass is 436 g/mol. The van der Waals surface area contributed by atoms with Crippen molar-refractivity contribution in [3.63, 3.8) is 0 Å². The number of esters is 1. The van der Waals surface area contributed by atoms with Gasteiger partial charge >= 0.3 is 5.97 Å². The molecular formula is C20H24N2O7S. The Morgan fingerprint density at radius 3 is 2.47 bits per heavy atom. The highest BCUT2D eigenvalue weighted by molar-refractivity contribution is 7.89. The van der Waals surface area contributed by atoms with Crippen LogP contribution in [0.4, 0.5) is 5.69 Å². The van der Waals surface area contributed by atoms with Gasteiger partial charge in [0.15, 0.2) is 6.61 Å². The van der Waals surface area contributed by atoms with E-state index in [1.807, 2.05) is 0 Å². The molecule has 0 saturated carbocycles. The third-order valence-corrected chi connectivity index (χ3v) is 6.58. The summed E-state index contributed by atoms with van der Waals surface area (Å²) in [4.78, 5) is 24.4. The predicted octanol–water partition coefficient (Wildman–Crippen LogP) is 2.02. The van der Waals surface area contributed by atoms with E-state index in [2.05, 4.69) is 5.32 Å². The van der Waals surface area contributed by atoms with Crippen molar-refractivity contribution in [1.29, 1.82) is 0 Å². The summed E-state index contributed by atoms with van der Waals surface area (Å²) in [6.45, 7) is 5.81. The molecule has 1 fully saturated rings. The van der Waals surface area contributed by atoms with Gasteiger partial charge in [0.2, 0.25) is 10.0 Å². The number of nitrogens with one attached hydrogen (secondary N) is 1. The van der Waals surface area contributed by atoms with Gasteiger partial charge in [-0.05, 0) is 44.5 Å². The maximum Gasteiger partial charge on any atom is 0.342 e. The van der Waals surface area contributed by atoms with Crippen molar-refractivity contribution < 1.29 is 31.9 Å². The van der Waals surface area contributed by atoms with Gasteiger partial charge in [0.1, 0.15) is 17.1 Å². The lowest BCUT2D eigenvalue weighted by Crippen LogP contribution is -2.40. The smallest absolute Gasteiger partial charge is 0.342 e. The van der Waals surface area contributed by atoms with Crippen LogP contribution < -0.4 is 5.32 Å². The minimum Gasteiger partial charge on any atom is -0.466 e. The predicted molar refractivity (Wildman–Crippen MR) is 108 cm³/mol. The lowest BCUT2D eigenvalue weighted by Gasteiger charge is -2.26. The van der Waals surface area contributed by atoms with E-state index in [4.69, 9.17) is 13.9 Å². The molecule has 1 aliphatic rings. The van der Waals surface area contributed by atoms with Crippen molar-refractivity contribution in [3.8, 4) is 0 Å². The lowest BCUT2D eigenvalue weighted by atomic mass is 10.2. The first kappa shape index (κ1) is 22.0. The fraction of sp³-hybridized carbons (Fsp3) is 0.400. The van der Waals surface area contributed by atoms with Crippen LogP contribution in [0.3, 0.4) is 0 Å². The fourth-order valence-electron chi connectivity index (χ4n) is 3.06. The zero-order chi connectivity index (χ0) is 21.9. The Balaban J connectivity index is 1.67. The summed E-state index contributed by atoms with van der Waals surface area (Å²) in [5, 5.41) is 2.61. The van der Waals surface area contributed by atoms with Crippen molar-refractivity contribution in [3.05, 3.63) is 46.9 Å². The average Bonchev–Trinajstić information content (AvgIpc) is 3.06. The van der Waals surface area contributed by atoms with Crippen LogP contribution in [0, 0.1) is 20.8 Å². The van der Waals surface area contributed by atoms with Crippen LogP contribution in [-0.2, 0) is 24.3 Å². The van der Waals surface area contributed by atoms with Gasteiger partial charge in [-0.3, -0.25) is 4.79 Å². The van der Waals surface area contributed by atoms with Gasteiger partial charge in [-0.15, -0.1) is 0 Å². The Kier molecular flexibility index (Phi) is 6.59. The van der Waals surface area contributed by atoms with Gasteiger partial charge in [-0.25, -0.2) is 13.2 Å². The fourth-order valence-corrected chi connectivity index (χ4v) is 4.50. The van der Waals surface area contributed by atoms with Gasteiger partial charge in [0, 0.05) is 18.8 Å². The molecule has 0 aliphatic carbocycles. The summed E-state index contributed by atoms with van der Waals surface area (Å²) in [5.41, 5.74) is 1.27. The number of rotatable bonds is 6. The standard InChI is InChI=1S/C20H24N2O7S/c1-13-4-5-16(30(25,26)22-6-8-27-9-7-22)11-18(13)21-19(23)12-28-20(24)17-10-14(2)29-15(17)3/h4-5,10-11H,6-9,12H2,1-3H3,(H,21,23). The van der Waals surface area contributed by atoms with Crippen LogP contribution in [-0.4, -0.2) is 57.5 Å². The Bertz CT molecular complexity index is 1050. The largest absolute Gasteiger partial charge is 0.466 e. The second-order valence-corrected chi connectivity index (χ2v) is 8.88. The molecular weight excluding hydrogens is 412 g/mol. The summed E-state index contributed by atoms with van der Waals surface area (Å²) in [6.07, 6.45) is 0. The first-order valence-corrected chi connectivity index (χ1v) is 10.8. The van der Waals surface area contributed by atoms with E-state index in [1.54, 1.807) is 32.9 Å². The third kappa shape index (κ3) is 4.89. The molecule has 1 aliphatic heterocycles. The number of furan rings is 1. The zero-order valence-corrected chi connectivity index (χ0v) is 17.9. The van der Waals surface area contributed by atoms with Crippen molar-refractivity contribution in [1.82, 2.24) is 4.31 Å². The number of carbonyl (C=O) groups excluding carboxylic acids is 2. The van der Waals surface area contributed by atoms with Crippen LogP contribution in [0.25, 0.3) is 0 Å². The van der Waals surface area contributed by atoms with Gasteiger partial charge < -0.3 is 19.2 Å². The van der Waals surface area contributed by atoms with E-state index in [1.165, 1.54) is 16.4 Å². The molecule has 3 rings (SSSR count).